The Balaban J connectivity index is 1.77. The van der Waals surface area contributed by atoms with Crippen LogP contribution in [0.5, 0.6) is 5.75 Å². The first-order chi connectivity index (χ1) is 12.6. The third-order valence-corrected chi connectivity index (χ3v) is 4.05. The number of aromatic nitrogens is 1. The molecule has 6 nitrogen and oxygen atoms in total. The predicted molar refractivity (Wildman–Crippen MR) is 98.9 cm³/mol. The van der Waals surface area contributed by atoms with Crippen molar-refractivity contribution in [2.24, 2.45) is 5.73 Å². The van der Waals surface area contributed by atoms with Crippen LogP contribution >= 0.6 is 0 Å². The normalized spacial score (nSPS) is 11.7. The van der Waals surface area contributed by atoms with E-state index in [0.29, 0.717) is 11.3 Å². The molecule has 26 heavy (non-hydrogen) atoms. The minimum Gasteiger partial charge on any atom is -0.497 e. The summed E-state index contributed by atoms with van der Waals surface area (Å²) in [6, 6.07) is 17.4. The van der Waals surface area contributed by atoms with Gasteiger partial charge < -0.3 is 15.8 Å². The van der Waals surface area contributed by atoms with Gasteiger partial charge in [-0.1, -0.05) is 36.4 Å². The molecule has 0 unspecified atom stereocenters. The summed E-state index contributed by atoms with van der Waals surface area (Å²) >= 11 is 0. The van der Waals surface area contributed by atoms with Gasteiger partial charge in [0.05, 0.1) is 12.6 Å². The number of primary amides is 1. The maximum Gasteiger partial charge on any atom is 0.270 e. The van der Waals surface area contributed by atoms with Crippen molar-refractivity contribution < 1.29 is 14.3 Å². The van der Waals surface area contributed by atoms with Gasteiger partial charge >= 0.3 is 0 Å². The van der Waals surface area contributed by atoms with E-state index in [0.717, 1.165) is 10.9 Å². The van der Waals surface area contributed by atoms with Crippen molar-refractivity contribution in [3.63, 3.8) is 0 Å². The fourth-order valence-corrected chi connectivity index (χ4v) is 2.68. The highest BCUT2D eigenvalue weighted by Crippen LogP contribution is 2.15. The molecule has 1 atom stereocenters. The molecule has 2 amide bonds. The number of pyridine rings is 1. The zero-order chi connectivity index (χ0) is 18.5. The topological polar surface area (TPSA) is 94.3 Å². The Morgan fingerprint density at radius 1 is 1.12 bits per heavy atom. The second-order valence-corrected chi connectivity index (χ2v) is 5.87. The molecule has 0 bridgehead atoms. The number of para-hydroxylation sites is 1. The summed E-state index contributed by atoms with van der Waals surface area (Å²) in [4.78, 5) is 28.6. The number of methoxy groups -OCH3 is 1. The molecule has 3 N–H and O–H groups in total. The van der Waals surface area contributed by atoms with Crippen LogP contribution in [0.15, 0.2) is 60.7 Å². The van der Waals surface area contributed by atoms with Crippen LogP contribution in [-0.2, 0) is 11.2 Å². The summed E-state index contributed by atoms with van der Waals surface area (Å²) < 4.78 is 5.17. The molecule has 3 rings (SSSR count). The highest BCUT2D eigenvalue weighted by atomic mass is 16.5. The van der Waals surface area contributed by atoms with Gasteiger partial charge in [-0.15, -0.1) is 0 Å². The van der Waals surface area contributed by atoms with Crippen molar-refractivity contribution in [1.82, 2.24) is 10.3 Å². The maximum absolute atomic E-state index is 12.5. The number of fused-ring (bicyclic) bond motifs is 1. The van der Waals surface area contributed by atoms with Gasteiger partial charge in [-0.3, -0.25) is 9.59 Å². The maximum atomic E-state index is 12.5. The molecule has 0 spiro atoms. The van der Waals surface area contributed by atoms with Gasteiger partial charge in [0, 0.05) is 11.8 Å². The van der Waals surface area contributed by atoms with E-state index in [9.17, 15) is 9.59 Å². The Bertz CT molecular complexity index is 956. The van der Waals surface area contributed by atoms with Gasteiger partial charge in [0.2, 0.25) is 5.91 Å². The third kappa shape index (κ3) is 3.97. The Hall–Kier alpha value is -3.41. The van der Waals surface area contributed by atoms with Gasteiger partial charge in [0.1, 0.15) is 17.5 Å². The molecule has 1 aromatic heterocycles. The van der Waals surface area contributed by atoms with Crippen LogP contribution < -0.4 is 15.8 Å². The van der Waals surface area contributed by atoms with Crippen LogP contribution in [0.25, 0.3) is 10.9 Å². The molecular formula is C20H19N3O3. The lowest BCUT2D eigenvalue weighted by Crippen LogP contribution is -2.46. The highest BCUT2D eigenvalue weighted by molar-refractivity contribution is 5.97. The Kier molecular flexibility index (Phi) is 5.12. The quantitative estimate of drug-likeness (QED) is 0.712. The van der Waals surface area contributed by atoms with Crippen LogP contribution in [0.1, 0.15) is 16.1 Å². The summed E-state index contributed by atoms with van der Waals surface area (Å²) in [6.07, 6.45) is 0.270. The average molecular weight is 349 g/mol. The van der Waals surface area contributed by atoms with Crippen LogP contribution in [-0.4, -0.2) is 29.9 Å². The molecule has 0 saturated heterocycles. The van der Waals surface area contributed by atoms with Gasteiger partial charge in [-0.05, 0) is 29.8 Å². The van der Waals surface area contributed by atoms with Crippen molar-refractivity contribution in [2.45, 2.75) is 12.5 Å². The van der Waals surface area contributed by atoms with Crippen molar-refractivity contribution in [2.75, 3.05) is 7.11 Å². The lowest BCUT2D eigenvalue weighted by atomic mass is 10.0. The van der Waals surface area contributed by atoms with Crippen molar-refractivity contribution >= 4 is 22.7 Å². The fourth-order valence-electron chi connectivity index (χ4n) is 2.68. The number of nitrogens with two attached hydrogens (primary N) is 1. The minimum absolute atomic E-state index is 0.237. The Morgan fingerprint density at radius 3 is 2.69 bits per heavy atom. The van der Waals surface area contributed by atoms with Crippen molar-refractivity contribution in [3.8, 4) is 5.75 Å². The fraction of sp³-hybridized carbons (Fsp3) is 0.150. The zero-order valence-corrected chi connectivity index (χ0v) is 14.3. The number of amides is 2. The second kappa shape index (κ2) is 7.65. The number of hydrogen-bond acceptors (Lipinski definition) is 4. The minimum atomic E-state index is -0.845. The first-order valence-electron chi connectivity index (χ1n) is 8.16. The Labute approximate surface area is 151 Å². The van der Waals surface area contributed by atoms with Crippen molar-refractivity contribution in [1.29, 1.82) is 0 Å². The number of carbonyl (C=O) groups is 2. The van der Waals surface area contributed by atoms with E-state index in [1.165, 1.54) is 0 Å². The van der Waals surface area contributed by atoms with E-state index in [-0.39, 0.29) is 12.1 Å². The van der Waals surface area contributed by atoms with E-state index in [2.05, 4.69) is 10.3 Å². The highest BCUT2D eigenvalue weighted by Gasteiger charge is 2.20. The van der Waals surface area contributed by atoms with Crippen molar-refractivity contribution in [3.05, 3.63) is 71.9 Å². The molecule has 0 fully saturated rings. The average Bonchev–Trinajstić information content (AvgIpc) is 2.67. The molecule has 0 aliphatic heterocycles. The number of benzene rings is 2. The lowest BCUT2D eigenvalue weighted by Gasteiger charge is -2.16. The van der Waals surface area contributed by atoms with Crippen LogP contribution in [0.4, 0.5) is 0 Å². The summed E-state index contributed by atoms with van der Waals surface area (Å²) in [7, 11) is 1.57. The van der Waals surface area contributed by atoms with Gasteiger partial charge in [0.25, 0.3) is 5.91 Å². The van der Waals surface area contributed by atoms with Gasteiger partial charge in [-0.25, -0.2) is 4.98 Å². The number of nitrogens with zero attached hydrogens (tertiary/aromatic N) is 1. The van der Waals surface area contributed by atoms with E-state index in [4.69, 9.17) is 10.5 Å². The zero-order valence-electron chi connectivity index (χ0n) is 14.3. The third-order valence-electron chi connectivity index (χ3n) is 4.05. The van der Waals surface area contributed by atoms with Gasteiger partial charge in [-0.2, -0.15) is 0 Å². The molecule has 0 radical (unpaired) electrons. The predicted octanol–water partition coefficient (Wildman–Crippen LogP) is 2.07. The summed E-state index contributed by atoms with van der Waals surface area (Å²) in [5, 5.41) is 3.60. The number of rotatable bonds is 6. The number of hydrogen-bond donors (Lipinski definition) is 2. The molecule has 1 heterocycles. The summed E-state index contributed by atoms with van der Waals surface area (Å²) in [6.45, 7) is 0. The SMILES string of the molecule is COc1cccc(C[C@@H](NC(=O)c2ccc3ccccc3n2)C(N)=O)c1. The monoisotopic (exact) mass is 349 g/mol. The lowest BCUT2D eigenvalue weighted by molar-refractivity contribution is -0.119. The summed E-state index contributed by atoms with van der Waals surface area (Å²) in [5.74, 6) is -0.377. The molecule has 0 aliphatic carbocycles. The number of ether oxygens (including phenoxy) is 1. The second-order valence-electron chi connectivity index (χ2n) is 5.87. The first-order valence-corrected chi connectivity index (χ1v) is 8.16. The molecule has 0 saturated carbocycles. The molecular weight excluding hydrogens is 330 g/mol. The van der Waals surface area contributed by atoms with E-state index in [1.54, 1.807) is 25.3 Å². The van der Waals surface area contributed by atoms with Crippen LogP contribution in [0.2, 0.25) is 0 Å². The standard InChI is InChI=1S/C20H19N3O3/c1-26-15-7-4-5-13(11-15)12-18(19(21)24)23-20(25)17-10-9-14-6-2-3-8-16(14)22-17/h2-11,18H,12H2,1H3,(H2,21,24)(H,23,25)/t18-/m1/s1. The molecule has 132 valence electrons. The Morgan fingerprint density at radius 2 is 1.92 bits per heavy atom. The smallest absolute Gasteiger partial charge is 0.270 e. The van der Waals surface area contributed by atoms with E-state index < -0.39 is 17.9 Å². The molecule has 2 aromatic carbocycles. The first kappa shape index (κ1) is 17.4. The molecule has 6 heteroatoms. The number of carbonyl (C=O) groups excluding carboxylic acids is 2. The van der Waals surface area contributed by atoms with E-state index >= 15 is 0 Å². The summed E-state index contributed by atoms with van der Waals surface area (Å²) in [5.41, 5.74) is 7.25. The van der Waals surface area contributed by atoms with Crippen LogP contribution in [0.3, 0.4) is 0 Å². The van der Waals surface area contributed by atoms with Crippen LogP contribution in [0, 0.1) is 0 Å². The van der Waals surface area contributed by atoms with E-state index in [1.807, 2.05) is 42.5 Å². The number of nitrogens with one attached hydrogen (secondary N) is 1. The molecule has 0 aliphatic rings. The largest absolute Gasteiger partial charge is 0.497 e. The molecule has 3 aromatic rings. The van der Waals surface area contributed by atoms with Gasteiger partial charge in [0.15, 0.2) is 0 Å².